The van der Waals surface area contributed by atoms with Gasteiger partial charge in [-0.3, -0.25) is 0 Å². The topological polar surface area (TPSA) is 79.4 Å². The third kappa shape index (κ3) is 4.08. The number of ether oxygens (including phenoxy) is 2. The normalized spacial score (nSPS) is 11.2. The van der Waals surface area contributed by atoms with Crippen LogP contribution in [-0.4, -0.2) is 41.1 Å². The maximum Gasteiger partial charge on any atom is 0.374 e. The highest BCUT2D eigenvalue weighted by Gasteiger charge is 2.22. The standard InChI is InChI=1S/C18H21N3O4S/c1-3-24-17(22)16-14(13-7-4-5-8-15(13)25-16)11-26-18-20-19-12-21(18)9-6-10-23-2/h4-5,7-8,12H,3,6,9-11H2,1-2H3. The molecule has 2 aromatic heterocycles. The Morgan fingerprint density at radius 1 is 1.35 bits per heavy atom. The molecule has 0 saturated carbocycles. The van der Waals surface area contributed by atoms with Gasteiger partial charge < -0.3 is 18.5 Å². The number of rotatable bonds is 9. The van der Waals surface area contributed by atoms with Gasteiger partial charge in [-0.2, -0.15) is 0 Å². The number of para-hydroxylation sites is 1. The number of methoxy groups -OCH3 is 1. The Hall–Kier alpha value is -2.32. The number of fused-ring (bicyclic) bond motifs is 1. The summed E-state index contributed by atoms with van der Waals surface area (Å²) in [6.45, 7) is 3.54. The molecule has 0 atom stereocenters. The molecular formula is C18H21N3O4S. The number of carbonyl (C=O) groups is 1. The van der Waals surface area contributed by atoms with E-state index in [4.69, 9.17) is 13.9 Å². The molecule has 0 amide bonds. The number of furan rings is 1. The van der Waals surface area contributed by atoms with E-state index in [1.807, 2.05) is 28.8 Å². The third-order valence-corrected chi connectivity index (χ3v) is 4.84. The summed E-state index contributed by atoms with van der Waals surface area (Å²) in [5.74, 6) is 0.348. The van der Waals surface area contributed by atoms with Crippen LogP contribution < -0.4 is 0 Å². The van der Waals surface area contributed by atoms with Crippen LogP contribution in [-0.2, 0) is 21.8 Å². The Bertz CT molecular complexity index is 874. The lowest BCUT2D eigenvalue weighted by molar-refractivity contribution is 0.0491. The number of thioether (sulfide) groups is 1. The maximum atomic E-state index is 12.3. The van der Waals surface area contributed by atoms with Gasteiger partial charge in [0, 0.05) is 37.0 Å². The number of aryl methyl sites for hydroxylation is 1. The molecule has 0 saturated heterocycles. The molecule has 8 heteroatoms. The van der Waals surface area contributed by atoms with E-state index in [2.05, 4.69) is 10.2 Å². The molecule has 0 bridgehead atoms. The van der Waals surface area contributed by atoms with Crippen molar-refractivity contribution in [2.24, 2.45) is 0 Å². The van der Waals surface area contributed by atoms with Crippen LogP contribution in [0.15, 0.2) is 40.2 Å². The Morgan fingerprint density at radius 2 is 2.19 bits per heavy atom. The molecule has 0 aliphatic heterocycles. The first-order valence-electron chi connectivity index (χ1n) is 8.41. The van der Waals surface area contributed by atoms with Gasteiger partial charge in [0.2, 0.25) is 5.76 Å². The summed E-state index contributed by atoms with van der Waals surface area (Å²) in [7, 11) is 1.68. The fraction of sp³-hybridized carbons (Fsp3) is 0.389. The van der Waals surface area contributed by atoms with E-state index in [1.165, 1.54) is 11.8 Å². The second-order valence-corrected chi connectivity index (χ2v) is 6.51. The fourth-order valence-electron chi connectivity index (χ4n) is 2.63. The van der Waals surface area contributed by atoms with Gasteiger partial charge in [0.1, 0.15) is 11.9 Å². The van der Waals surface area contributed by atoms with Crippen LogP contribution in [0.25, 0.3) is 11.0 Å². The molecule has 0 aliphatic carbocycles. The molecule has 7 nitrogen and oxygen atoms in total. The van der Waals surface area contributed by atoms with E-state index in [9.17, 15) is 4.79 Å². The summed E-state index contributed by atoms with van der Waals surface area (Å²) >= 11 is 1.51. The number of hydrogen-bond acceptors (Lipinski definition) is 7. The van der Waals surface area contributed by atoms with Crippen LogP contribution >= 0.6 is 11.8 Å². The van der Waals surface area contributed by atoms with E-state index in [-0.39, 0.29) is 5.76 Å². The molecule has 0 unspecified atom stereocenters. The molecule has 2 heterocycles. The van der Waals surface area contributed by atoms with Crippen molar-refractivity contribution in [3.63, 3.8) is 0 Å². The lowest BCUT2D eigenvalue weighted by atomic mass is 10.1. The van der Waals surface area contributed by atoms with Crippen LogP contribution in [0, 0.1) is 0 Å². The maximum absolute atomic E-state index is 12.3. The Labute approximate surface area is 155 Å². The zero-order valence-corrected chi connectivity index (χ0v) is 15.6. The molecule has 0 N–H and O–H groups in total. The average molecular weight is 375 g/mol. The minimum atomic E-state index is -0.444. The highest BCUT2D eigenvalue weighted by Crippen LogP contribution is 2.32. The van der Waals surface area contributed by atoms with Gasteiger partial charge in [-0.1, -0.05) is 30.0 Å². The molecule has 3 aromatic rings. The van der Waals surface area contributed by atoms with E-state index < -0.39 is 5.97 Å². The minimum Gasteiger partial charge on any atom is -0.460 e. The summed E-state index contributed by atoms with van der Waals surface area (Å²) in [4.78, 5) is 12.3. The number of esters is 1. The molecule has 0 radical (unpaired) electrons. The molecule has 26 heavy (non-hydrogen) atoms. The highest BCUT2D eigenvalue weighted by atomic mass is 32.2. The van der Waals surface area contributed by atoms with Gasteiger partial charge in [0.15, 0.2) is 5.16 Å². The Kier molecular flexibility index (Phi) is 6.30. The third-order valence-electron chi connectivity index (χ3n) is 3.83. The second-order valence-electron chi connectivity index (χ2n) is 5.57. The van der Waals surface area contributed by atoms with Crippen molar-refractivity contribution in [3.05, 3.63) is 41.9 Å². The van der Waals surface area contributed by atoms with Crippen molar-refractivity contribution in [1.29, 1.82) is 0 Å². The SMILES string of the molecule is CCOC(=O)c1oc2ccccc2c1CSc1nncn1CCCOC. The van der Waals surface area contributed by atoms with E-state index >= 15 is 0 Å². The van der Waals surface area contributed by atoms with Crippen LogP contribution in [0.3, 0.4) is 0 Å². The van der Waals surface area contributed by atoms with Gasteiger partial charge in [-0.05, 0) is 19.4 Å². The summed E-state index contributed by atoms with van der Waals surface area (Å²) < 4.78 is 18.0. The molecule has 138 valence electrons. The monoisotopic (exact) mass is 375 g/mol. The van der Waals surface area contributed by atoms with Crippen molar-refractivity contribution in [3.8, 4) is 0 Å². The summed E-state index contributed by atoms with van der Waals surface area (Å²) in [6, 6.07) is 7.60. The van der Waals surface area contributed by atoms with Crippen molar-refractivity contribution in [2.75, 3.05) is 20.3 Å². The van der Waals surface area contributed by atoms with Gasteiger partial charge in [-0.25, -0.2) is 4.79 Å². The second kappa shape index (κ2) is 8.86. The van der Waals surface area contributed by atoms with Crippen molar-refractivity contribution < 1.29 is 18.7 Å². The lowest BCUT2D eigenvalue weighted by Crippen LogP contribution is -2.06. The summed E-state index contributed by atoms with van der Waals surface area (Å²) in [5, 5.41) is 9.86. The lowest BCUT2D eigenvalue weighted by Gasteiger charge is -2.06. The van der Waals surface area contributed by atoms with Gasteiger partial charge in [0.05, 0.1) is 6.61 Å². The quantitative estimate of drug-likeness (QED) is 0.321. The van der Waals surface area contributed by atoms with Gasteiger partial charge >= 0.3 is 5.97 Å². The molecule has 0 fully saturated rings. The van der Waals surface area contributed by atoms with E-state index in [0.29, 0.717) is 24.5 Å². The van der Waals surface area contributed by atoms with Crippen LogP contribution in [0.2, 0.25) is 0 Å². The smallest absolute Gasteiger partial charge is 0.374 e. The molecule has 0 spiro atoms. The van der Waals surface area contributed by atoms with Crippen LogP contribution in [0.1, 0.15) is 29.5 Å². The zero-order chi connectivity index (χ0) is 18.4. The first kappa shape index (κ1) is 18.5. The predicted octanol–water partition coefficient (Wildman–Crippen LogP) is 3.53. The summed E-state index contributed by atoms with van der Waals surface area (Å²) in [6.07, 6.45) is 2.59. The molecule has 3 rings (SSSR count). The van der Waals surface area contributed by atoms with Crippen molar-refractivity contribution in [2.45, 2.75) is 30.8 Å². The van der Waals surface area contributed by atoms with Crippen molar-refractivity contribution in [1.82, 2.24) is 14.8 Å². The number of carbonyl (C=O) groups excluding carboxylic acids is 1. The number of benzene rings is 1. The molecule has 0 aliphatic rings. The van der Waals surface area contributed by atoms with Crippen LogP contribution in [0.5, 0.6) is 0 Å². The predicted molar refractivity (Wildman–Crippen MR) is 98.2 cm³/mol. The molecule has 1 aromatic carbocycles. The minimum absolute atomic E-state index is 0.256. The fourth-order valence-corrected chi connectivity index (χ4v) is 3.60. The summed E-state index contributed by atoms with van der Waals surface area (Å²) in [5.41, 5.74) is 1.49. The Morgan fingerprint density at radius 3 is 3.00 bits per heavy atom. The first-order chi connectivity index (χ1) is 12.7. The first-order valence-corrected chi connectivity index (χ1v) is 9.40. The molecular weight excluding hydrogens is 354 g/mol. The zero-order valence-electron chi connectivity index (χ0n) is 14.8. The van der Waals surface area contributed by atoms with Crippen molar-refractivity contribution >= 4 is 28.7 Å². The largest absolute Gasteiger partial charge is 0.460 e. The van der Waals surface area contributed by atoms with E-state index in [1.54, 1.807) is 20.4 Å². The average Bonchev–Trinajstić information content (AvgIpc) is 3.24. The Balaban J connectivity index is 1.81. The number of hydrogen-bond donors (Lipinski definition) is 0. The van der Waals surface area contributed by atoms with Gasteiger partial charge in [-0.15, -0.1) is 10.2 Å². The van der Waals surface area contributed by atoms with Crippen LogP contribution in [0.4, 0.5) is 0 Å². The number of nitrogens with zero attached hydrogens (tertiary/aromatic N) is 3. The number of aromatic nitrogens is 3. The van der Waals surface area contributed by atoms with Gasteiger partial charge in [0.25, 0.3) is 0 Å². The van der Waals surface area contributed by atoms with E-state index in [0.717, 1.165) is 29.1 Å². The highest BCUT2D eigenvalue weighted by molar-refractivity contribution is 7.98.